The van der Waals surface area contributed by atoms with Crippen molar-refractivity contribution in [2.24, 2.45) is 0 Å². The lowest BCUT2D eigenvalue weighted by Gasteiger charge is -2.19. The molecule has 1 heterocycles. The van der Waals surface area contributed by atoms with Gasteiger partial charge in [-0.15, -0.1) is 0 Å². The number of hydrogen-bond acceptors (Lipinski definition) is 2. The summed E-state index contributed by atoms with van der Waals surface area (Å²) in [6, 6.07) is 7.94. The molecule has 3 heteroatoms. The number of rotatable bonds is 0. The number of fused-ring (bicyclic) bond motifs is 1. The van der Waals surface area contributed by atoms with Gasteiger partial charge < -0.3 is 4.74 Å². The zero-order valence-corrected chi connectivity index (χ0v) is 7.19. The summed E-state index contributed by atoms with van der Waals surface area (Å²) < 4.78 is 7.26. The van der Waals surface area contributed by atoms with Crippen LogP contribution >= 0.6 is 0 Å². The molecular formula is C9H11N2O+. The number of ether oxygens (including phenoxy) is 1. The summed E-state index contributed by atoms with van der Waals surface area (Å²) in [6.45, 7) is 0. The summed E-state index contributed by atoms with van der Waals surface area (Å²) in [7, 11) is 3.94. The molecule has 1 aromatic rings. The Kier molecular flexibility index (Phi) is 1.50. The molecule has 0 atom stereocenters. The molecule has 1 aromatic carbocycles. The normalized spacial score (nSPS) is 14.8. The molecular weight excluding hydrogens is 152 g/mol. The van der Waals surface area contributed by atoms with Crippen LogP contribution in [-0.4, -0.2) is 25.2 Å². The van der Waals surface area contributed by atoms with Gasteiger partial charge >= 0.3 is 6.40 Å². The van der Waals surface area contributed by atoms with Crippen molar-refractivity contribution < 1.29 is 9.42 Å². The Labute approximate surface area is 71.5 Å². The van der Waals surface area contributed by atoms with Gasteiger partial charge in [0, 0.05) is 0 Å². The minimum Gasteiger partial charge on any atom is -0.407 e. The van der Waals surface area contributed by atoms with Crippen molar-refractivity contribution in [1.82, 2.24) is 0 Å². The number of nitrogens with zero attached hydrogens (tertiary/aromatic N) is 2. The summed E-state index contributed by atoms with van der Waals surface area (Å²) in [5.41, 5.74) is 1.09. The Hall–Kier alpha value is -1.51. The van der Waals surface area contributed by atoms with Crippen LogP contribution in [0.15, 0.2) is 24.3 Å². The van der Waals surface area contributed by atoms with Gasteiger partial charge in [-0.2, -0.15) is 5.01 Å². The first-order valence-electron chi connectivity index (χ1n) is 3.84. The van der Waals surface area contributed by atoms with Gasteiger partial charge in [0.25, 0.3) is 0 Å². The Morgan fingerprint density at radius 3 is 2.92 bits per heavy atom. The topological polar surface area (TPSA) is 15.5 Å². The minimum atomic E-state index is 0.901. The largest absolute Gasteiger partial charge is 0.407 e. The van der Waals surface area contributed by atoms with Gasteiger partial charge in [-0.25, -0.2) is 0 Å². The standard InChI is InChI=1S/C9H11N2O/c1-10-7-12-9-6-4-3-5-8(9)11(10)2/h3-7H,1-2H3/q+1. The molecule has 1 aliphatic rings. The maximum Gasteiger partial charge on any atom is 0.358 e. The van der Waals surface area contributed by atoms with Crippen LogP contribution < -0.4 is 9.75 Å². The van der Waals surface area contributed by atoms with E-state index in [1.165, 1.54) is 0 Å². The van der Waals surface area contributed by atoms with Gasteiger partial charge in [-0.1, -0.05) is 16.8 Å². The molecule has 62 valence electrons. The number of anilines is 1. The molecule has 0 unspecified atom stereocenters. The molecule has 0 N–H and O–H groups in total. The van der Waals surface area contributed by atoms with E-state index in [2.05, 4.69) is 0 Å². The van der Waals surface area contributed by atoms with E-state index in [-0.39, 0.29) is 0 Å². The van der Waals surface area contributed by atoms with E-state index < -0.39 is 0 Å². The molecule has 3 nitrogen and oxygen atoms in total. The van der Waals surface area contributed by atoms with E-state index >= 15 is 0 Å². The lowest BCUT2D eigenvalue weighted by molar-refractivity contribution is -0.511. The highest BCUT2D eigenvalue weighted by Gasteiger charge is 2.19. The van der Waals surface area contributed by atoms with Crippen LogP contribution in [-0.2, 0) is 0 Å². The average Bonchev–Trinajstić information content (AvgIpc) is 2.12. The summed E-state index contributed by atoms with van der Waals surface area (Å²) in [4.78, 5) is 0. The van der Waals surface area contributed by atoms with Crippen LogP contribution in [0.4, 0.5) is 5.69 Å². The SMILES string of the molecule is CN1c2ccccc2OC=[N+]1C. The summed E-state index contributed by atoms with van der Waals surface area (Å²) >= 11 is 0. The molecule has 0 fully saturated rings. The third-order valence-electron chi connectivity index (χ3n) is 2.02. The smallest absolute Gasteiger partial charge is 0.358 e. The zero-order chi connectivity index (χ0) is 8.55. The summed E-state index contributed by atoms with van der Waals surface area (Å²) in [6.07, 6.45) is 1.68. The Bertz CT molecular complexity index is 333. The van der Waals surface area contributed by atoms with E-state index in [1.54, 1.807) is 6.40 Å². The van der Waals surface area contributed by atoms with Crippen molar-refractivity contribution in [3.05, 3.63) is 24.3 Å². The predicted molar refractivity (Wildman–Crippen MR) is 47.7 cm³/mol. The third kappa shape index (κ3) is 0.942. The van der Waals surface area contributed by atoms with Crippen molar-refractivity contribution in [3.8, 4) is 5.75 Å². The summed E-state index contributed by atoms with van der Waals surface area (Å²) in [5.74, 6) is 0.901. The average molecular weight is 163 g/mol. The zero-order valence-electron chi connectivity index (χ0n) is 7.19. The van der Waals surface area contributed by atoms with Gasteiger partial charge in [0.2, 0.25) is 0 Å². The molecule has 0 bridgehead atoms. The number of hydrogen-bond donors (Lipinski definition) is 0. The Morgan fingerprint density at radius 2 is 2.08 bits per heavy atom. The second kappa shape index (κ2) is 2.52. The van der Waals surface area contributed by atoms with Crippen LogP contribution in [0.2, 0.25) is 0 Å². The van der Waals surface area contributed by atoms with Gasteiger partial charge in [0.1, 0.15) is 5.69 Å². The first kappa shape index (κ1) is 7.16. The maximum absolute atomic E-state index is 5.37. The second-order valence-corrected chi connectivity index (χ2v) is 2.79. The highest BCUT2D eigenvalue weighted by atomic mass is 16.5. The number of para-hydroxylation sites is 2. The fourth-order valence-electron chi connectivity index (χ4n) is 1.20. The molecule has 2 rings (SSSR count). The maximum atomic E-state index is 5.37. The van der Waals surface area contributed by atoms with Crippen molar-refractivity contribution in [1.29, 1.82) is 0 Å². The van der Waals surface area contributed by atoms with Crippen molar-refractivity contribution in [2.45, 2.75) is 0 Å². The van der Waals surface area contributed by atoms with E-state index in [1.807, 2.05) is 48.1 Å². The second-order valence-electron chi connectivity index (χ2n) is 2.79. The van der Waals surface area contributed by atoms with Crippen molar-refractivity contribution in [3.63, 3.8) is 0 Å². The van der Waals surface area contributed by atoms with Gasteiger partial charge in [0.05, 0.1) is 7.05 Å². The molecule has 0 spiro atoms. The van der Waals surface area contributed by atoms with E-state index in [4.69, 9.17) is 4.74 Å². The number of hydrazine groups is 1. The van der Waals surface area contributed by atoms with Crippen LogP contribution in [0, 0.1) is 0 Å². The van der Waals surface area contributed by atoms with Crippen molar-refractivity contribution in [2.75, 3.05) is 19.1 Å². The number of benzene rings is 1. The molecule has 0 saturated heterocycles. The molecule has 0 saturated carbocycles. The quantitative estimate of drug-likeness (QED) is 0.532. The van der Waals surface area contributed by atoms with Gasteiger partial charge in [-0.3, -0.25) is 0 Å². The third-order valence-corrected chi connectivity index (χ3v) is 2.02. The molecule has 1 aliphatic heterocycles. The van der Waals surface area contributed by atoms with E-state index in [0.717, 1.165) is 11.4 Å². The highest BCUT2D eigenvalue weighted by Crippen LogP contribution is 2.28. The van der Waals surface area contributed by atoms with Gasteiger partial charge in [-0.05, 0) is 12.1 Å². The van der Waals surface area contributed by atoms with Crippen LogP contribution in [0.5, 0.6) is 5.75 Å². The van der Waals surface area contributed by atoms with E-state index in [9.17, 15) is 0 Å². The molecule has 0 radical (unpaired) electrons. The van der Waals surface area contributed by atoms with Crippen LogP contribution in [0.3, 0.4) is 0 Å². The molecule has 0 aliphatic carbocycles. The Morgan fingerprint density at radius 1 is 1.33 bits per heavy atom. The lowest BCUT2D eigenvalue weighted by Crippen LogP contribution is -2.33. The first-order valence-corrected chi connectivity index (χ1v) is 3.84. The molecule has 0 amide bonds. The minimum absolute atomic E-state index is 0.901. The first-order chi connectivity index (χ1) is 5.79. The fraction of sp³-hybridized carbons (Fsp3) is 0.222. The Balaban J connectivity index is 2.49. The highest BCUT2D eigenvalue weighted by molar-refractivity contribution is 5.63. The molecule has 0 aromatic heterocycles. The monoisotopic (exact) mass is 163 g/mol. The van der Waals surface area contributed by atoms with Crippen molar-refractivity contribution >= 4 is 12.1 Å². The van der Waals surface area contributed by atoms with E-state index in [0.29, 0.717) is 0 Å². The van der Waals surface area contributed by atoms with Crippen LogP contribution in [0.25, 0.3) is 0 Å². The fourth-order valence-corrected chi connectivity index (χ4v) is 1.20. The number of hydrazone groups is 1. The van der Waals surface area contributed by atoms with Crippen LogP contribution in [0.1, 0.15) is 0 Å². The predicted octanol–water partition coefficient (Wildman–Crippen LogP) is 1.10. The lowest BCUT2D eigenvalue weighted by atomic mass is 10.3. The van der Waals surface area contributed by atoms with Gasteiger partial charge in [0.15, 0.2) is 12.8 Å². The summed E-state index contributed by atoms with van der Waals surface area (Å²) in [5, 5.41) is 2.03. The molecule has 12 heavy (non-hydrogen) atoms.